The van der Waals surface area contributed by atoms with Crippen molar-refractivity contribution in [3.8, 4) is 0 Å². The molecule has 0 aliphatic rings. The van der Waals surface area contributed by atoms with Crippen molar-refractivity contribution in [3.05, 3.63) is 18.2 Å². The second-order valence-electron chi connectivity index (χ2n) is 4.42. The predicted octanol–water partition coefficient (Wildman–Crippen LogP) is 0.641. The highest BCUT2D eigenvalue weighted by atomic mass is 16.3. The Bertz CT molecular complexity index is 312. The average molecular weight is 241 g/mol. The summed E-state index contributed by atoms with van der Waals surface area (Å²) in [6.07, 6.45) is 4.50. The topological polar surface area (TPSA) is 61.5 Å². The van der Waals surface area contributed by atoms with Crippen LogP contribution in [0.25, 0.3) is 0 Å². The number of hydrogen-bond donors (Lipinski definition) is 2. The second kappa shape index (κ2) is 7.42. The van der Waals surface area contributed by atoms with E-state index in [1.807, 2.05) is 6.20 Å². The van der Waals surface area contributed by atoms with Crippen LogP contribution in [0.15, 0.2) is 12.4 Å². The zero-order valence-corrected chi connectivity index (χ0v) is 10.7. The lowest BCUT2D eigenvalue weighted by Crippen LogP contribution is -2.29. The van der Waals surface area contributed by atoms with Gasteiger partial charge in [-0.15, -0.1) is 0 Å². The van der Waals surface area contributed by atoms with Crippen LogP contribution in [0, 0.1) is 0 Å². The number of aliphatic hydroxyl groups is 2. The van der Waals surface area contributed by atoms with E-state index in [2.05, 4.69) is 28.3 Å². The summed E-state index contributed by atoms with van der Waals surface area (Å²) < 4.78 is 2.13. The van der Waals surface area contributed by atoms with Gasteiger partial charge in [-0.1, -0.05) is 0 Å². The third kappa shape index (κ3) is 4.46. The highest BCUT2D eigenvalue weighted by Crippen LogP contribution is 2.10. The maximum absolute atomic E-state index is 9.01. The van der Waals surface area contributed by atoms with Crippen LogP contribution in [0.2, 0.25) is 0 Å². The van der Waals surface area contributed by atoms with E-state index in [0.29, 0.717) is 19.1 Å². The molecule has 0 saturated heterocycles. The van der Waals surface area contributed by atoms with Crippen molar-refractivity contribution in [1.82, 2.24) is 14.5 Å². The predicted molar refractivity (Wildman–Crippen MR) is 66.7 cm³/mol. The van der Waals surface area contributed by atoms with Gasteiger partial charge in [0.05, 0.1) is 13.2 Å². The Morgan fingerprint density at radius 3 is 2.65 bits per heavy atom. The van der Waals surface area contributed by atoms with Crippen LogP contribution in [0.3, 0.4) is 0 Å². The number of rotatable bonds is 8. The van der Waals surface area contributed by atoms with Gasteiger partial charge in [-0.25, -0.2) is 4.98 Å². The molecule has 1 rings (SSSR count). The first kappa shape index (κ1) is 14.2. The molecular weight excluding hydrogens is 218 g/mol. The highest BCUT2D eigenvalue weighted by molar-refractivity contribution is 4.94. The fraction of sp³-hybridized carbons (Fsp3) is 0.750. The second-order valence-corrected chi connectivity index (χ2v) is 4.42. The number of hydrogen-bond acceptors (Lipinski definition) is 4. The van der Waals surface area contributed by atoms with Crippen LogP contribution in [0.1, 0.15) is 32.1 Å². The monoisotopic (exact) mass is 241 g/mol. The molecule has 0 saturated carbocycles. The van der Waals surface area contributed by atoms with Crippen molar-refractivity contribution in [2.45, 2.75) is 32.9 Å². The molecule has 1 aromatic rings. The Morgan fingerprint density at radius 1 is 1.29 bits per heavy atom. The molecule has 98 valence electrons. The van der Waals surface area contributed by atoms with Gasteiger partial charge in [0, 0.05) is 38.1 Å². The molecule has 1 aromatic heterocycles. The van der Waals surface area contributed by atoms with E-state index in [4.69, 9.17) is 10.2 Å². The minimum Gasteiger partial charge on any atom is -0.396 e. The largest absolute Gasteiger partial charge is 0.396 e. The summed E-state index contributed by atoms with van der Waals surface area (Å²) in [6.45, 7) is 6.66. The zero-order chi connectivity index (χ0) is 12.7. The summed E-state index contributed by atoms with van der Waals surface area (Å²) in [6, 6.07) is 0.390. The molecule has 0 unspecified atom stereocenters. The quantitative estimate of drug-likeness (QED) is 0.701. The molecule has 0 spiro atoms. The van der Waals surface area contributed by atoms with E-state index in [1.54, 1.807) is 6.20 Å². The van der Waals surface area contributed by atoms with Gasteiger partial charge in [-0.05, 0) is 20.3 Å². The molecule has 17 heavy (non-hydrogen) atoms. The average Bonchev–Trinajstić information content (AvgIpc) is 2.74. The van der Waals surface area contributed by atoms with E-state index in [-0.39, 0.29) is 13.2 Å². The lowest BCUT2D eigenvalue weighted by Gasteiger charge is -2.22. The maximum atomic E-state index is 9.01. The molecule has 0 aliphatic heterocycles. The minimum atomic E-state index is 0.133. The third-order valence-corrected chi connectivity index (χ3v) is 2.72. The lowest BCUT2D eigenvalue weighted by atomic mass is 10.3. The molecule has 0 atom stereocenters. The molecule has 1 heterocycles. The first-order valence-corrected chi connectivity index (χ1v) is 6.14. The normalized spacial score (nSPS) is 11.6. The van der Waals surface area contributed by atoms with Crippen LogP contribution >= 0.6 is 0 Å². The summed E-state index contributed by atoms with van der Waals surface area (Å²) in [4.78, 5) is 6.45. The molecule has 0 aliphatic carbocycles. The first-order chi connectivity index (χ1) is 8.19. The number of imidazole rings is 1. The van der Waals surface area contributed by atoms with Gasteiger partial charge in [0.2, 0.25) is 0 Å². The summed E-state index contributed by atoms with van der Waals surface area (Å²) in [5.41, 5.74) is 0. The van der Waals surface area contributed by atoms with Gasteiger partial charge in [0.25, 0.3) is 0 Å². The van der Waals surface area contributed by atoms with E-state index in [0.717, 1.165) is 18.8 Å². The van der Waals surface area contributed by atoms with Crippen molar-refractivity contribution >= 4 is 0 Å². The Labute approximate surface area is 103 Å². The Balaban J connectivity index is 2.61. The first-order valence-electron chi connectivity index (χ1n) is 6.14. The summed E-state index contributed by atoms with van der Waals surface area (Å²) in [5.74, 6) is 1.01. The Kier molecular flexibility index (Phi) is 6.18. The van der Waals surface area contributed by atoms with E-state index in [1.165, 1.54) is 0 Å². The zero-order valence-electron chi connectivity index (χ0n) is 10.7. The molecule has 0 amide bonds. The number of aliphatic hydroxyl groups excluding tert-OH is 2. The smallest absolute Gasteiger partial charge is 0.123 e. The SMILES string of the molecule is CC(C)n1ccnc1CN(CCO)CCCO. The van der Waals surface area contributed by atoms with E-state index in [9.17, 15) is 0 Å². The lowest BCUT2D eigenvalue weighted by molar-refractivity contribution is 0.169. The molecule has 2 N–H and O–H groups in total. The van der Waals surface area contributed by atoms with Gasteiger partial charge in [0.1, 0.15) is 5.82 Å². The minimum absolute atomic E-state index is 0.133. The summed E-state index contributed by atoms with van der Waals surface area (Å²) in [5, 5.41) is 17.9. The van der Waals surface area contributed by atoms with Crippen LogP contribution in [0.4, 0.5) is 0 Å². The van der Waals surface area contributed by atoms with E-state index >= 15 is 0 Å². The Morgan fingerprint density at radius 2 is 2.06 bits per heavy atom. The van der Waals surface area contributed by atoms with Crippen molar-refractivity contribution in [2.75, 3.05) is 26.3 Å². The molecule has 5 nitrogen and oxygen atoms in total. The van der Waals surface area contributed by atoms with Crippen molar-refractivity contribution in [3.63, 3.8) is 0 Å². The molecule has 0 radical (unpaired) electrons. The summed E-state index contributed by atoms with van der Waals surface area (Å²) in [7, 11) is 0. The molecule has 0 fully saturated rings. The van der Waals surface area contributed by atoms with Gasteiger partial charge in [-0.2, -0.15) is 0 Å². The van der Waals surface area contributed by atoms with Gasteiger partial charge >= 0.3 is 0 Å². The molecule has 0 bridgehead atoms. The van der Waals surface area contributed by atoms with Crippen LogP contribution < -0.4 is 0 Å². The third-order valence-electron chi connectivity index (χ3n) is 2.72. The maximum Gasteiger partial charge on any atom is 0.123 e. The molecule has 0 aromatic carbocycles. The van der Waals surface area contributed by atoms with Gasteiger partial charge < -0.3 is 14.8 Å². The highest BCUT2D eigenvalue weighted by Gasteiger charge is 2.11. The number of aromatic nitrogens is 2. The van der Waals surface area contributed by atoms with Crippen molar-refractivity contribution in [2.24, 2.45) is 0 Å². The van der Waals surface area contributed by atoms with Crippen LogP contribution in [-0.4, -0.2) is 51.0 Å². The molecular formula is C12H23N3O2. The number of nitrogens with zero attached hydrogens (tertiary/aromatic N) is 3. The van der Waals surface area contributed by atoms with Crippen LogP contribution in [-0.2, 0) is 6.54 Å². The standard InChI is InChI=1S/C12H23N3O2/c1-11(2)15-6-4-13-12(15)10-14(7-9-17)5-3-8-16/h4,6,11,16-17H,3,5,7-10H2,1-2H3. The Hall–Kier alpha value is -0.910. The fourth-order valence-corrected chi connectivity index (χ4v) is 1.84. The fourth-order valence-electron chi connectivity index (χ4n) is 1.84. The molecule has 5 heteroatoms. The van der Waals surface area contributed by atoms with Crippen molar-refractivity contribution < 1.29 is 10.2 Å². The van der Waals surface area contributed by atoms with E-state index < -0.39 is 0 Å². The van der Waals surface area contributed by atoms with Gasteiger partial charge in [-0.3, -0.25) is 4.90 Å². The van der Waals surface area contributed by atoms with Gasteiger partial charge in [0.15, 0.2) is 0 Å². The summed E-state index contributed by atoms with van der Waals surface area (Å²) >= 11 is 0. The van der Waals surface area contributed by atoms with Crippen LogP contribution in [0.5, 0.6) is 0 Å². The van der Waals surface area contributed by atoms with Crippen molar-refractivity contribution in [1.29, 1.82) is 0 Å².